The Labute approximate surface area is 149 Å². The molecule has 0 bridgehead atoms. The standard InChI is InChI=1S/C17H24F2N2O3S/c1-3-25(23)15-10-5-4-7-13(15)21-17(22)20-12-8-6-9-14(11(12)2)24-16(18)19/h6,8-9,13,15-16H,3-5,7,10H2,1-2H3,(H2,20,21,22)/t13-,15+,25+/m0/s1. The van der Waals surface area contributed by atoms with Crippen molar-refractivity contribution >= 4 is 22.5 Å². The van der Waals surface area contributed by atoms with Gasteiger partial charge in [0.15, 0.2) is 0 Å². The largest absolute Gasteiger partial charge is 0.434 e. The molecule has 0 spiro atoms. The Bertz CT molecular complexity index is 628. The summed E-state index contributed by atoms with van der Waals surface area (Å²) in [7, 11) is -0.967. The van der Waals surface area contributed by atoms with Crippen LogP contribution in [-0.2, 0) is 10.8 Å². The minimum atomic E-state index is -2.92. The van der Waals surface area contributed by atoms with Crippen LogP contribution in [0.3, 0.4) is 0 Å². The number of hydrogen-bond donors (Lipinski definition) is 2. The lowest BCUT2D eigenvalue weighted by Gasteiger charge is -2.31. The molecule has 0 unspecified atom stereocenters. The van der Waals surface area contributed by atoms with Gasteiger partial charge in [0.05, 0.1) is 5.25 Å². The number of alkyl halides is 2. The van der Waals surface area contributed by atoms with Crippen molar-refractivity contribution in [2.75, 3.05) is 11.1 Å². The van der Waals surface area contributed by atoms with Gasteiger partial charge in [-0.2, -0.15) is 8.78 Å². The fourth-order valence-corrected chi connectivity index (χ4v) is 4.52. The number of halogens is 2. The van der Waals surface area contributed by atoms with Gasteiger partial charge < -0.3 is 15.4 Å². The highest BCUT2D eigenvalue weighted by molar-refractivity contribution is 7.85. The maximum absolute atomic E-state index is 12.4. The first-order valence-electron chi connectivity index (χ1n) is 8.41. The van der Waals surface area contributed by atoms with Crippen LogP contribution in [-0.4, -0.2) is 33.9 Å². The van der Waals surface area contributed by atoms with Crippen molar-refractivity contribution < 1.29 is 22.5 Å². The van der Waals surface area contributed by atoms with Crippen molar-refractivity contribution in [3.8, 4) is 5.75 Å². The highest BCUT2D eigenvalue weighted by atomic mass is 32.2. The molecule has 2 rings (SSSR count). The van der Waals surface area contributed by atoms with E-state index in [9.17, 15) is 17.8 Å². The molecular weight excluding hydrogens is 350 g/mol. The van der Waals surface area contributed by atoms with Crippen LogP contribution in [0.5, 0.6) is 5.75 Å². The van der Waals surface area contributed by atoms with E-state index in [2.05, 4.69) is 15.4 Å². The van der Waals surface area contributed by atoms with Crippen molar-refractivity contribution in [2.45, 2.75) is 57.4 Å². The van der Waals surface area contributed by atoms with Gasteiger partial charge in [-0.1, -0.05) is 25.8 Å². The van der Waals surface area contributed by atoms with Gasteiger partial charge in [0, 0.05) is 33.8 Å². The molecule has 1 fully saturated rings. The van der Waals surface area contributed by atoms with Gasteiger partial charge in [-0.3, -0.25) is 4.21 Å². The van der Waals surface area contributed by atoms with Crippen LogP contribution in [0.1, 0.15) is 38.2 Å². The normalized spacial score (nSPS) is 21.6. The van der Waals surface area contributed by atoms with Gasteiger partial charge in [0.2, 0.25) is 0 Å². The quantitative estimate of drug-likeness (QED) is 0.796. The molecule has 3 atom stereocenters. The maximum Gasteiger partial charge on any atom is 0.387 e. The van der Waals surface area contributed by atoms with Crippen LogP contribution in [0.25, 0.3) is 0 Å². The summed E-state index contributed by atoms with van der Waals surface area (Å²) in [5, 5.41) is 5.52. The van der Waals surface area contributed by atoms with Crippen LogP contribution in [0.4, 0.5) is 19.3 Å². The van der Waals surface area contributed by atoms with E-state index in [-0.39, 0.29) is 17.0 Å². The minimum Gasteiger partial charge on any atom is -0.434 e. The van der Waals surface area contributed by atoms with Gasteiger partial charge in [-0.25, -0.2) is 4.79 Å². The highest BCUT2D eigenvalue weighted by Gasteiger charge is 2.30. The molecule has 0 aromatic heterocycles. The summed E-state index contributed by atoms with van der Waals surface area (Å²) in [6, 6.07) is 4.01. The molecule has 1 aliphatic rings. The number of anilines is 1. The molecule has 25 heavy (non-hydrogen) atoms. The number of hydrogen-bond acceptors (Lipinski definition) is 3. The number of ether oxygens (including phenoxy) is 1. The predicted octanol–water partition coefficient (Wildman–Crippen LogP) is 3.80. The molecule has 2 N–H and O–H groups in total. The van der Waals surface area contributed by atoms with Gasteiger partial charge in [-0.05, 0) is 31.9 Å². The molecule has 0 aliphatic heterocycles. The molecule has 5 nitrogen and oxygen atoms in total. The monoisotopic (exact) mass is 374 g/mol. The lowest BCUT2D eigenvalue weighted by molar-refractivity contribution is -0.0502. The number of urea groups is 1. The van der Waals surface area contributed by atoms with Crippen LogP contribution < -0.4 is 15.4 Å². The second-order valence-electron chi connectivity index (χ2n) is 6.00. The molecule has 2 amide bonds. The van der Waals surface area contributed by atoms with Crippen molar-refractivity contribution in [3.63, 3.8) is 0 Å². The van der Waals surface area contributed by atoms with Gasteiger partial charge >= 0.3 is 12.6 Å². The number of benzene rings is 1. The van der Waals surface area contributed by atoms with E-state index >= 15 is 0 Å². The maximum atomic E-state index is 12.4. The third-order valence-corrected chi connectivity index (χ3v) is 6.20. The minimum absolute atomic E-state index is 0.0235. The molecule has 8 heteroatoms. The molecule has 1 saturated carbocycles. The summed E-state index contributed by atoms with van der Waals surface area (Å²) in [5.74, 6) is 0.590. The molecule has 140 valence electrons. The number of carbonyl (C=O) groups excluding carboxylic acids is 1. The van der Waals surface area contributed by atoms with E-state index in [1.54, 1.807) is 13.0 Å². The molecule has 0 heterocycles. The Balaban J connectivity index is 2.03. The Morgan fingerprint density at radius 2 is 2.08 bits per heavy atom. The molecule has 0 saturated heterocycles. The SMILES string of the molecule is CC[S@@](=O)[C@@H]1CCCC[C@@H]1NC(=O)Nc1cccc(OC(F)F)c1C. The topological polar surface area (TPSA) is 67.4 Å². The fourth-order valence-electron chi connectivity index (χ4n) is 3.09. The van der Waals surface area contributed by atoms with E-state index in [4.69, 9.17) is 0 Å². The Morgan fingerprint density at radius 3 is 2.76 bits per heavy atom. The molecule has 0 radical (unpaired) electrons. The second kappa shape index (κ2) is 9.12. The fraction of sp³-hybridized carbons (Fsp3) is 0.588. The number of carbonyl (C=O) groups is 1. The van der Waals surface area contributed by atoms with Crippen LogP contribution in [0, 0.1) is 6.92 Å². The van der Waals surface area contributed by atoms with E-state index in [0.717, 1.165) is 25.7 Å². The van der Waals surface area contributed by atoms with E-state index < -0.39 is 23.4 Å². The Kier molecular flexibility index (Phi) is 7.16. The average Bonchev–Trinajstić information content (AvgIpc) is 2.58. The van der Waals surface area contributed by atoms with Crippen molar-refractivity contribution in [3.05, 3.63) is 23.8 Å². The van der Waals surface area contributed by atoms with E-state index in [1.807, 2.05) is 6.92 Å². The zero-order chi connectivity index (χ0) is 18.4. The van der Waals surface area contributed by atoms with Crippen molar-refractivity contribution in [1.29, 1.82) is 0 Å². The van der Waals surface area contributed by atoms with E-state index in [1.165, 1.54) is 12.1 Å². The van der Waals surface area contributed by atoms with Crippen LogP contribution >= 0.6 is 0 Å². The smallest absolute Gasteiger partial charge is 0.387 e. The van der Waals surface area contributed by atoms with Gasteiger partial charge in [-0.15, -0.1) is 0 Å². The lowest BCUT2D eigenvalue weighted by atomic mass is 9.95. The van der Waals surface area contributed by atoms with Crippen molar-refractivity contribution in [1.82, 2.24) is 5.32 Å². The first kappa shape index (κ1) is 19.6. The Hall–Kier alpha value is -1.70. The first-order valence-corrected chi connectivity index (χ1v) is 9.79. The third-order valence-electron chi connectivity index (χ3n) is 4.39. The second-order valence-corrected chi connectivity index (χ2v) is 7.95. The molecule has 1 aliphatic carbocycles. The van der Waals surface area contributed by atoms with Crippen LogP contribution in [0.2, 0.25) is 0 Å². The first-order chi connectivity index (χ1) is 11.9. The summed E-state index contributed by atoms with van der Waals surface area (Å²) < 4.78 is 41.4. The highest BCUT2D eigenvalue weighted by Crippen LogP contribution is 2.27. The van der Waals surface area contributed by atoms with Crippen molar-refractivity contribution in [2.24, 2.45) is 0 Å². The van der Waals surface area contributed by atoms with Gasteiger partial charge in [0.25, 0.3) is 0 Å². The van der Waals surface area contributed by atoms with Gasteiger partial charge in [0.1, 0.15) is 5.75 Å². The predicted molar refractivity (Wildman–Crippen MR) is 94.7 cm³/mol. The number of amides is 2. The Morgan fingerprint density at radius 1 is 1.36 bits per heavy atom. The summed E-state index contributed by atoms with van der Waals surface area (Å²) in [5.41, 5.74) is 0.829. The zero-order valence-corrected chi connectivity index (χ0v) is 15.2. The summed E-state index contributed by atoms with van der Waals surface area (Å²) in [6.45, 7) is 0.553. The summed E-state index contributed by atoms with van der Waals surface area (Å²) in [4.78, 5) is 12.3. The molecular formula is C17H24F2N2O3S. The summed E-state index contributed by atoms with van der Waals surface area (Å²) >= 11 is 0. The number of nitrogens with one attached hydrogen (secondary N) is 2. The zero-order valence-electron chi connectivity index (χ0n) is 14.4. The van der Waals surface area contributed by atoms with E-state index in [0.29, 0.717) is 17.0 Å². The third kappa shape index (κ3) is 5.39. The lowest BCUT2D eigenvalue weighted by Crippen LogP contribution is -2.48. The molecule has 1 aromatic carbocycles. The average molecular weight is 374 g/mol. The summed E-state index contributed by atoms with van der Waals surface area (Å²) in [6.07, 6.45) is 3.63. The van der Waals surface area contributed by atoms with Crippen LogP contribution in [0.15, 0.2) is 18.2 Å². The number of rotatable bonds is 6. The molecule has 1 aromatic rings.